The third kappa shape index (κ3) is 1.63. The van der Waals surface area contributed by atoms with Crippen molar-refractivity contribution in [3.63, 3.8) is 0 Å². The lowest BCUT2D eigenvalue weighted by Crippen LogP contribution is -2.00. The highest BCUT2D eigenvalue weighted by atomic mass is 32.1. The Bertz CT molecular complexity index is 420. The summed E-state index contributed by atoms with van der Waals surface area (Å²) in [4.78, 5) is 3.32. The highest BCUT2D eigenvalue weighted by Gasteiger charge is 2.32. The van der Waals surface area contributed by atoms with E-state index in [-0.39, 0.29) is 5.82 Å². The lowest BCUT2D eigenvalue weighted by atomic mass is 10.4. The maximum atomic E-state index is 12.2. The zero-order chi connectivity index (χ0) is 10.2. The summed E-state index contributed by atoms with van der Waals surface area (Å²) in [5.41, 5.74) is 0. The van der Waals surface area contributed by atoms with Crippen LogP contribution in [0, 0.1) is 0 Å². The molecule has 0 bridgehead atoms. The summed E-state index contributed by atoms with van der Waals surface area (Å²) < 4.78 is 41.0. The van der Waals surface area contributed by atoms with Crippen LogP contribution >= 0.6 is 11.3 Å². The van der Waals surface area contributed by atoms with Crippen LogP contribution in [0.5, 0.6) is 0 Å². The second-order valence-corrected chi connectivity index (χ2v) is 3.50. The Hall–Kier alpha value is -1.37. The molecule has 0 saturated heterocycles. The van der Waals surface area contributed by atoms with Gasteiger partial charge in [-0.25, -0.2) is 0 Å². The van der Waals surface area contributed by atoms with Gasteiger partial charge in [0.25, 0.3) is 0 Å². The minimum absolute atomic E-state index is 0.172. The van der Waals surface area contributed by atoms with E-state index in [4.69, 9.17) is 0 Å². The Morgan fingerprint density at radius 1 is 1.29 bits per heavy atom. The Morgan fingerprint density at radius 3 is 2.57 bits per heavy atom. The lowest BCUT2D eigenvalue weighted by molar-refractivity contribution is -0.134. The first-order valence-electron chi connectivity index (χ1n) is 3.51. The molecule has 0 aliphatic rings. The number of nitrogens with zero attached hydrogens (tertiary/aromatic N) is 2. The maximum Gasteiger partial charge on any atom is 0.425 e. The van der Waals surface area contributed by atoms with Gasteiger partial charge in [0.05, 0.1) is 4.88 Å². The van der Waals surface area contributed by atoms with Crippen molar-refractivity contribution in [2.75, 3.05) is 0 Å². The zero-order valence-electron chi connectivity index (χ0n) is 6.58. The van der Waals surface area contributed by atoms with Gasteiger partial charge in [-0.3, -0.25) is 0 Å². The molecule has 74 valence electrons. The summed E-state index contributed by atoms with van der Waals surface area (Å²) in [6.07, 6.45) is -3.24. The molecule has 0 fully saturated rings. The third-order valence-electron chi connectivity index (χ3n) is 1.47. The maximum absolute atomic E-state index is 12.2. The normalized spacial score (nSPS) is 11.9. The van der Waals surface area contributed by atoms with Crippen molar-refractivity contribution in [3.05, 3.63) is 23.4 Å². The van der Waals surface area contributed by atoms with E-state index in [1.807, 2.05) is 0 Å². The summed E-state index contributed by atoms with van der Waals surface area (Å²) in [7, 11) is 0. The van der Waals surface area contributed by atoms with E-state index in [1.54, 1.807) is 0 Å². The number of halogens is 3. The number of thiophene rings is 1. The van der Waals surface area contributed by atoms with Crippen molar-refractivity contribution in [3.8, 4) is 10.7 Å². The Labute approximate surface area is 80.2 Å². The monoisotopic (exact) mass is 220 g/mol. The molecule has 0 radical (unpaired) electrons. The summed E-state index contributed by atoms with van der Waals surface area (Å²) in [6.45, 7) is 0. The van der Waals surface area contributed by atoms with Gasteiger partial charge in [-0.1, -0.05) is 5.16 Å². The van der Waals surface area contributed by atoms with Crippen LogP contribution in [0.15, 0.2) is 23.0 Å². The van der Waals surface area contributed by atoms with Crippen LogP contribution in [-0.4, -0.2) is 10.1 Å². The largest absolute Gasteiger partial charge is 0.425 e. The minimum Gasteiger partial charge on any atom is -0.342 e. The fraction of sp³-hybridized carbons (Fsp3) is 0.143. The van der Waals surface area contributed by atoms with Gasteiger partial charge in [-0.2, -0.15) is 18.2 Å². The van der Waals surface area contributed by atoms with Gasteiger partial charge in [0, 0.05) is 0 Å². The van der Waals surface area contributed by atoms with E-state index in [9.17, 15) is 13.2 Å². The van der Waals surface area contributed by atoms with Gasteiger partial charge >= 0.3 is 6.18 Å². The van der Waals surface area contributed by atoms with Crippen LogP contribution in [0.1, 0.15) is 4.88 Å². The van der Waals surface area contributed by atoms with Crippen molar-refractivity contribution in [2.24, 2.45) is 0 Å². The van der Waals surface area contributed by atoms with Crippen LogP contribution in [-0.2, 0) is 6.18 Å². The summed E-state index contributed by atoms with van der Waals surface area (Å²) >= 11 is 0.588. The molecule has 0 saturated carbocycles. The molecule has 2 aromatic heterocycles. The number of aromatic nitrogens is 2. The van der Waals surface area contributed by atoms with E-state index in [1.165, 1.54) is 6.07 Å². The number of hydrogen-bond acceptors (Lipinski definition) is 4. The smallest absolute Gasteiger partial charge is 0.342 e. The molecule has 14 heavy (non-hydrogen) atoms. The molecule has 0 aliphatic heterocycles. The first-order valence-corrected chi connectivity index (χ1v) is 4.33. The highest BCUT2D eigenvalue weighted by molar-refractivity contribution is 7.15. The van der Waals surface area contributed by atoms with Crippen LogP contribution in [0.3, 0.4) is 0 Å². The molecule has 2 aromatic rings. The van der Waals surface area contributed by atoms with Crippen LogP contribution < -0.4 is 0 Å². The third-order valence-corrected chi connectivity index (χ3v) is 2.59. The van der Waals surface area contributed by atoms with Crippen LogP contribution in [0.4, 0.5) is 13.2 Å². The van der Waals surface area contributed by atoms with Crippen LogP contribution in [0.2, 0.25) is 0 Å². The van der Waals surface area contributed by atoms with Crippen molar-refractivity contribution in [1.29, 1.82) is 0 Å². The molecule has 2 rings (SSSR count). The summed E-state index contributed by atoms with van der Waals surface area (Å²) in [5, 5.41) is 3.44. The Morgan fingerprint density at radius 2 is 2.07 bits per heavy atom. The van der Waals surface area contributed by atoms with Gasteiger partial charge in [-0.15, -0.1) is 11.3 Å². The van der Waals surface area contributed by atoms with Crippen molar-refractivity contribution >= 4 is 11.3 Å². The van der Waals surface area contributed by atoms with E-state index in [0.717, 1.165) is 12.5 Å². The molecule has 0 aromatic carbocycles. The highest BCUT2D eigenvalue weighted by Crippen LogP contribution is 2.37. The molecule has 2 heterocycles. The number of alkyl halides is 3. The molecular weight excluding hydrogens is 217 g/mol. The molecule has 0 atom stereocenters. The number of hydrogen-bond donors (Lipinski definition) is 0. The first kappa shape index (κ1) is 9.20. The average Bonchev–Trinajstić information content (AvgIpc) is 2.73. The van der Waals surface area contributed by atoms with Crippen LogP contribution in [0.25, 0.3) is 10.7 Å². The Kier molecular flexibility index (Phi) is 2.03. The first-order chi connectivity index (χ1) is 6.57. The molecular formula is C7H3F3N2OS. The molecule has 0 unspecified atom stereocenters. The minimum atomic E-state index is -4.31. The molecule has 0 amide bonds. The molecule has 0 aliphatic carbocycles. The van der Waals surface area contributed by atoms with E-state index in [0.29, 0.717) is 16.2 Å². The summed E-state index contributed by atoms with van der Waals surface area (Å²) in [5.74, 6) is 0.172. The second-order valence-electron chi connectivity index (χ2n) is 2.42. The SMILES string of the molecule is FC(F)(F)c1ccc(-c2ncon2)s1. The molecule has 3 nitrogen and oxygen atoms in total. The zero-order valence-corrected chi connectivity index (χ0v) is 7.39. The van der Waals surface area contributed by atoms with Crippen molar-refractivity contribution in [2.45, 2.75) is 6.18 Å². The fourth-order valence-corrected chi connectivity index (χ4v) is 1.70. The van der Waals surface area contributed by atoms with Gasteiger partial charge < -0.3 is 4.52 Å². The van der Waals surface area contributed by atoms with Gasteiger partial charge in [0.2, 0.25) is 12.2 Å². The Balaban J connectivity index is 2.36. The topological polar surface area (TPSA) is 38.9 Å². The van der Waals surface area contributed by atoms with E-state index >= 15 is 0 Å². The predicted octanol–water partition coefficient (Wildman–Crippen LogP) is 2.82. The molecule has 0 N–H and O–H groups in total. The quantitative estimate of drug-likeness (QED) is 0.741. The van der Waals surface area contributed by atoms with E-state index < -0.39 is 11.1 Å². The fourth-order valence-electron chi connectivity index (χ4n) is 0.890. The standard InChI is InChI=1S/C7H3F3N2OS/c8-7(9,10)5-2-1-4(14-5)6-11-3-13-12-6/h1-3H. The second kappa shape index (κ2) is 3.09. The molecule has 0 spiro atoms. The van der Waals surface area contributed by atoms with Gasteiger partial charge in [0.15, 0.2) is 0 Å². The lowest BCUT2D eigenvalue weighted by Gasteiger charge is -1.99. The predicted molar refractivity (Wildman–Crippen MR) is 42.6 cm³/mol. The van der Waals surface area contributed by atoms with Gasteiger partial charge in [-0.05, 0) is 12.1 Å². The summed E-state index contributed by atoms with van der Waals surface area (Å²) in [6, 6.07) is 2.31. The average molecular weight is 220 g/mol. The number of rotatable bonds is 1. The molecule has 7 heteroatoms. The van der Waals surface area contributed by atoms with Crippen molar-refractivity contribution in [1.82, 2.24) is 10.1 Å². The van der Waals surface area contributed by atoms with Gasteiger partial charge in [0.1, 0.15) is 4.88 Å². The van der Waals surface area contributed by atoms with E-state index in [2.05, 4.69) is 14.7 Å². The van der Waals surface area contributed by atoms with Crippen molar-refractivity contribution < 1.29 is 17.7 Å².